The maximum absolute atomic E-state index is 12.9. The lowest BCUT2D eigenvalue weighted by atomic mass is 10.1. The molecule has 0 saturated carbocycles. The fourth-order valence-corrected chi connectivity index (χ4v) is 3.38. The van der Waals surface area contributed by atoms with Crippen molar-refractivity contribution in [2.75, 3.05) is 19.0 Å². The fourth-order valence-electron chi connectivity index (χ4n) is 2.56. The van der Waals surface area contributed by atoms with Gasteiger partial charge in [0.25, 0.3) is 5.91 Å². The minimum atomic E-state index is -0.329. The normalized spacial score (nSPS) is 10.6. The van der Waals surface area contributed by atoms with E-state index in [1.54, 1.807) is 30.3 Å². The zero-order valence-corrected chi connectivity index (χ0v) is 17.6. The number of aromatic nitrogens is 3. The maximum atomic E-state index is 12.9. The number of anilines is 1. The number of ether oxygens (including phenoxy) is 2. The van der Waals surface area contributed by atoms with E-state index in [2.05, 4.69) is 31.3 Å². The monoisotopic (exact) mass is 464 g/mol. The summed E-state index contributed by atoms with van der Waals surface area (Å²) in [5.41, 5.74) is 1.44. The van der Waals surface area contributed by atoms with Gasteiger partial charge in [0, 0.05) is 5.56 Å². The molecule has 2 aromatic carbocycles. The first-order valence-electron chi connectivity index (χ1n) is 8.50. The second kappa shape index (κ2) is 9.07. The van der Waals surface area contributed by atoms with Gasteiger partial charge >= 0.3 is 0 Å². The zero-order chi connectivity index (χ0) is 20.1. The predicted octanol–water partition coefficient (Wildman–Crippen LogP) is 4.73. The summed E-state index contributed by atoms with van der Waals surface area (Å²) < 4.78 is 13.2. The quantitative estimate of drug-likeness (QED) is 0.545. The highest BCUT2D eigenvalue weighted by Crippen LogP contribution is 2.37. The van der Waals surface area contributed by atoms with E-state index in [0.29, 0.717) is 44.5 Å². The van der Waals surface area contributed by atoms with Gasteiger partial charge in [0.2, 0.25) is 0 Å². The van der Waals surface area contributed by atoms with Crippen molar-refractivity contribution in [1.29, 1.82) is 0 Å². The first-order chi connectivity index (χ1) is 13.5. The summed E-state index contributed by atoms with van der Waals surface area (Å²) in [5, 5.41) is 7.40. The Kier molecular flexibility index (Phi) is 6.53. The van der Waals surface area contributed by atoms with Crippen molar-refractivity contribution < 1.29 is 14.3 Å². The number of hydrogen-bond acceptors (Lipinski definition) is 5. The van der Waals surface area contributed by atoms with Crippen LogP contribution in [0.25, 0.3) is 5.69 Å². The van der Waals surface area contributed by atoms with E-state index in [1.165, 1.54) is 24.4 Å². The zero-order valence-electron chi connectivity index (χ0n) is 15.3. The first-order valence-corrected chi connectivity index (χ1v) is 9.67. The average Bonchev–Trinajstić information content (AvgIpc) is 3.20. The molecule has 9 heteroatoms. The SMILES string of the molecule is CCCOc1c(Br)cc(C(=O)Nc2cccc(Cl)c2-n2cncn2)cc1OC. The molecule has 0 radical (unpaired) electrons. The molecule has 3 rings (SSSR count). The van der Waals surface area contributed by atoms with Gasteiger partial charge in [0.05, 0.1) is 28.9 Å². The van der Waals surface area contributed by atoms with Crippen molar-refractivity contribution in [1.82, 2.24) is 14.8 Å². The third-order valence-electron chi connectivity index (χ3n) is 3.82. The Morgan fingerprint density at radius 1 is 1.36 bits per heavy atom. The number of para-hydroxylation sites is 1. The van der Waals surface area contributed by atoms with E-state index in [1.807, 2.05) is 6.92 Å². The number of methoxy groups -OCH3 is 1. The number of hydrogen-bond donors (Lipinski definition) is 1. The molecule has 0 atom stereocenters. The molecule has 1 N–H and O–H groups in total. The second-order valence-electron chi connectivity index (χ2n) is 5.77. The molecule has 146 valence electrons. The molecule has 1 amide bonds. The summed E-state index contributed by atoms with van der Waals surface area (Å²) in [6, 6.07) is 8.52. The Labute approximate surface area is 175 Å². The van der Waals surface area contributed by atoms with E-state index < -0.39 is 0 Å². The molecular weight excluding hydrogens is 448 g/mol. The van der Waals surface area contributed by atoms with E-state index in [4.69, 9.17) is 21.1 Å². The van der Waals surface area contributed by atoms with Crippen molar-refractivity contribution >= 4 is 39.1 Å². The summed E-state index contributed by atoms with van der Waals surface area (Å²) in [4.78, 5) is 16.8. The van der Waals surface area contributed by atoms with Gasteiger partial charge in [-0.2, -0.15) is 5.10 Å². The smallest absolute Gasteiger partial charge is 0.255 e. The first kappa shape index (κ1) is 20.2. The van der Waals surface area contributed by atoms with Crippen molar-refractivity contribution in [2.45, 2.75) is 13.3 Å². The number of halogens is 2. The Balaban J connectivity index is 1.92. The molecule has 28 heavy (non-hydrogen) atoms. The van der Waals surface area contributed by atoms with Gasteiger partial charge in [-0.3, -0.25) is 4.79 Å². The van der Waals surface area contributed by atoms with Crippen LogP contribution in [0.5, 0.6) is 11.5 Å². The van der Waals surface area contributed by atoms with Crippen LogP contribution in [0, 0.1) is 0 Å². The highest BCUT2D eigenvalue weighted by atomic mass is 79.9. The Bertz CT molecular complexity index is 980. The lowest BCUT2D eigenvalue weighted by Crippen LogP contribution is -2.15. The van der Waals surface area contributed by atoms with Crippen LogP contribution in [0.4, 0.5) is 5.69 Å². The van der Waals surface area contributed by atoms with Crippen LogP contribution in [0.3, 0.4) is 0 Å². The minimum Gasteiger partial charge on any atom is -0.493 e. The maximum Gasteiger partial charge on any atom is 0.255 e. The van der Waals surface area contributed by atoms with Crippen LogP contribution in [0.2, 0.25) is 5.02 Å². The van der Waals surface area contributed by atoms with Gasteiger partial charge in [-0.05, 0) is 46.6 Å². The summed E-state index contributed by atoms with van der Waals surface area (Å²) in [6.45, 7) is 2.56. The van der Waals surface area contributed by atoms with E-state index >= 15 is 0 Å². The molecule has 0 aliphatic rings. The molecule has 0 saturated heterocycles. The Hall–Kier alpha value is -2.58. The molecule has 0 aliphatic carbocycles. The van der Waals surface area contributed by atoms with Gasteiger partial charge in [0.15, 0.2) is 11.5 Å². The van der Waals surface area contributed by atoms with Crippen LogP contribution in [-0.2, 0) is 0 Å². The largest absolute Gasteiger partial charge is 0.493 e. The number of benzene rings is 2. The van der Waals surface area contributed by atoms with E-state index in [9.17, 15) is 4.79 Å². The van der Waals surface area contributed by atoms with Crippen molar-refractivity contribution in [2.24, 2.45) is 0 Å². The summed E-state index contributed by atoms with van der Waals surface area (Å²) in [5.74, 6) is 0.701. The lowest BCUT2D eigenvalue weighted by molar-refractivity contribution is 0.102. The van der Waals surface area contributed by atoms with Crippen molar-refractivity contribution in [3.8, 4) is 17.2 Å². The molecule has 1 heterocycles. The molecular formula is C19H18BrClN4O3. The standard InChI is InChI=1S/C19H18BrClN4O3/c1-3-7-28-18-13(20)8-12(9-16(18)27-2)19(26)24-15-6-4-5-14(21)17(15)25-11-22-10-23-25/h4-6,8-11H,3,7H2,1-2H3,(H,24,26). The molecule has 7 nitrogen and oxygen atoms in total. The predicted molar refractivity (Wildman–Crippen MR) is 111 cm³/mol. The number of nitrogens with zero attached hydrogens (tertiary/aromatic N) is 3. The third kappa shape index (κ3) is 4.28. The summed E-state index contributed by atoms with van der Waals surface area (Å²) >= 11 is 9.76. The van der Waals surface area contributed by atoms with Crippen molar-refractivity contribution in [3.05, 3.63) is 58.0 Å². The summed E-state index contributed by atoms with van der Waals surface area (Å²) in [7, 11) is 1.53. The Morgan fingerprint density at radius 3 is 2.86 bits per heavy atom. The van der Waals surface area contributed by atoms with Gasteiger partial charge in [0.1, 0.15) is 18.3 Å². The molecule has 0 fully saturated rings. The number of rotatable bonds is 7. The second-order valence-corrected chi connectivity index (χ2v) is 7.03. The third-order valence-corrected chi connectivity index (χ3v) is 4.72. The molecule has 1 aromatic heterocycles. The van der Waals surface area contributed by atoms with Crippen LogP contribution in [-0.4, -0.2) is 34.4 Å². The number of carbonyl (C=O) groups is 1. The van der Waals surface area contributed by atoms with Gasteiger partial charge in [-0.15, -0.1) is 0 Å². The van der Waals surface area contributed by atoms with Crippen LogP contribution in [0.15, 0.2) is 47.5 Å². The molecule has 3 aromatic rings. The topological polar surface area (TPSA) is 78.3 Å². The van der Waals surface area contributed by atoms with Crippen LogP contribution in [0.1, 0.15) is 23.7 Å². The van der Waals surface area contributed by atoms with Gasteiger partial charge in [-0.25, -0.2) is 9.67 Å². The fraction of sp³-hybridized carbons (Fsp3) is 0.211. The van der Waals surface area contributed by atoms with Crippen LogP contribution < -0.4 is 14.8 Å². The number of carbonyl (C=O) groups excluding carboxylic acids is 1. The average molecular weight is 466 g/mol. The molecule has 0 bridgehead atoms. The number of amides is 1. The molecule has 0 spiro atoms. The summed E-state index contributed by atoms with van der Waals surface area (Å²) in [6.07, 6.45) is 3.76. The van der Waals surface area contributed by atoms with Gasteiger partial charge in [-0.1, -0.05) is 24.6 Å². The molecule has 0 unspecified atom stereocenters. The van der Waals surface area contributed by atoms with E-state index in [-0.39, 0.29) is 5.91 Å². The number of nitrogens with one attached hydrogen (secondary N) is 1. The van der Waals surface area contributed by atoms with Gasteiger partial charge < -0.3 is 14.8 Å². The minimum absolute atomic E-state index is 0.329. The lowest BCUT2D eigenvalue weighted by Gasteiger charge is -2.15. The Morgan fingerprint density at radius 2 is 2.18 bits per heavy atom. The van der Waals surface area contributed by atoms with Crippen LogP contribution >= 0.6 is 27.5 Å². The van der Waals surface area contributed by atoms with E-state index in [0.717, 1.165) is 6.42 Å². The highest BCUT2D eigenvalue weighted by molar-refractivity contribution is 9.10. The van der Waals surface area contributed by atoms with Crippen molar-refractivity contribution in [3.63, 3.8) is 0 Å². The molecule has 0 aliphatic heterocycles. The highest BCUT2D eigenvalue weighted by Gasteiger charge is 2.18.